The number of carbonyl (C=O) groups excluding carboxylic acids is 2. The Balaban J connectivity index is 1.50. The molecule has 1 atom stereocenters. The number of nitrogens with two attached hydrogens (primary N) is 1. The smallest absolute Gasteiger partial charge is 0.251 e. The van der Waals surface area contributed by atoms with E-state index in [0.29, 0.717) is 30.1 Å². The van der Waals surface area contributed by atoms with Crippen molar-refractivity contribution in [1.29, 1.82) is 0 Å². The molecule has 0 saturated heterocycles. The van der Waals surface area contributed by atoms with Crippen molar-refractivity contribution in [1.82, 2.24) is 10.3 Å². The van der Waals surface area contributed by atoms with Crippen molar-refractivity contribution in [3.8, 4) is 0 Å². The summed E-state index contributed by atoms with van der Waals surface area (Å²) in [4.78, 5) is 29.4. The number of nitrogens with one attached hydrogen (secondary N) is 2. The summed E-state index contributed by atoms with van der Waals surface area (Å²) in [5.41, 5.74) is 7.94. The highest BCUT2D eigenvalue weighted by molar-refractivity contribution is 7.17. The van der Waals surface area contributed by atoms with Gasteiger partial charge in [-0.1, -0.05) is 6.07 Å². The molecule has 3 heterocycles. The van der Waals surface area contributed by atoms with Crippen molar-refractivity contribution >= 4 is 28.2 Å². The fraction of sp³-hybridized carbons (Fsp3) is 0.421. The highest BCUT2D eigenvalue weighted by Crippen LogP contribution is 2.41. The van der Waals surface area contributed by atoms with Crippen molar-refractivity contribution < 1.29 is 14.3 Å². The van der Waals surface area contributed by atoms with Crippen molar-refractivity contribution in [2.24, 2.45) is 11.7 Å². The Bertz CT molecular complexity index is 848. The third kappa shape index (κ3) is 4.02. The zero-order chi connectivity index (χ0) is 18.8. The molecule has 1 aliphatic heterocycles. The van der Waals surface area contributed by atoms with E-state index in [1.54, 1.807) is 6.20 Å². The molecule has 27 heavy (non-hydrogen) atoms. The molecule has 4 rings (SSSR count). The van der Waals surface area contributed by atoms with Gasteiger partial charge in [-0.2, -0.15) is 0 Å². The highest BCUT2D eigenvalue weighted by Gasteiger charge is 2.34. The van der Waals surface area contributed by atoms with Crippen LogP contribution in [0.3, 0.4) is 0 Å². The van der Waals surface area contributed by atoms with E-state index in [-0.39, 0.29) is 18.1 Å². The Labute approximate surface area is 161 Å². The number of aromatic nitrogens is 1. The third-order valence-electron chi connectivity index (χ3n) is 4.78. The monoisotopic (exact) mass is 386 g/mol. The number of thiophene rings is 1. The van der Waals surface area contributed by atoms with Crippen molar-refractivity contribution in [3.63, 3.8) is 0 Å². The molecule has 0 aromatic carbocycles. The number of primary amides is 1. The molecule has 7 nitrogen and oxygen atoms in total. The van der Waals surface area contributed by atoms with Crippen molar-refractivity contribution in [2.45, 2.75) is 31.9 Å². The van der Waals surface area contributed by atoms with E-state index in [4.69, 9.17) is 10.5 Å². The average Bonchev–Trinajstić information content (AvgIpc) is 3.44. The van der Waals surface area contributed by atoms with Gasteiger partial charge in [0.1, 0.15) is 11.2 Å². The maximum absolute atomic E-state index is 12.2. The largest absolute Gasteiger partial charge is 0.365 e. The predicted octanol–water partition coefficient (Wildman–Crippen LogP) is 1.99. The first-order valence-corrected chi connectivity index (χ1v) is 9.96. The molecule has 2 aromatic heterocycles. The summed E-state index contributed by atoms with van der Waals surface area (Å²) in [5, 5.41) is 6.82. The van der Waals surface area contributed by atoms with Gasteiger partial charge in [-0.15, -0.1) is 11.3 Å². The molecular weight excluding hydrogens is 364 g/mol. The molecule has 0 bridgehead atoms. The van der Waals surface area contributed by atoms with Gasteiger partial charge in [-0.3, -0.25) is 19.9 Å². The fourth-order valence-corrected chi connectivity index (χ4v) is 4.52. The molecule has 142 valence electrons. The molecule has 8 heteroatoms. The van der Waals surface area contributed by atoms with Gasteiger partial charge in [0.05, 0.1) is 17.0 Å². The minimum absolute atomic E-state index is 0.0309. The molecular formula is C19H22N4O3S. The number of fused-ring (bicyclic) bond motifs is 1. The topological polar surface area (TPSA) is 106 Å². The van der Waals surface area contributed by atoms with Crippen LogP contribution in [0.4, 0.5) is 5.00 Å². The quantitative estimate of drug-likeness (QED) is 0.675. The maximum atomic E-state index is 12.2. The lowest BCUT2D eigenvalue weighted by molar-refractivity contribution is -0.117. The summed E-state index contributed by atoms with van der Waals surface area (Å²) >= 11 is 1.38. The first-order valence-electron chi connectivity index (χ1n) is 9.14. The van der Waals surface area contributed by atoms with Crippen LogP contribution in [-0.2, 0) is 22.4 Å². The summed E-state index contributed by atoms with van der Waals surface area (Å²) in [7, 11) is 0. The van der Waals surface area contributed by atoms with Gasteiger partial charge >= 0.3 is 0 Å². The second kappa shape index (κ2) is 7.75. The van der Waals surface area contributed by atoms with Crippen LogP contribution in [0.1, 0.15) is 45.6 Å². The Hall–Kier alpha value is -2.29. The predicted molar refractivity (Wildman–Crippen MR) is 103 cm³/mol. The van der Waals surface area contributed by atoms with Gasteiger partial charge in [0.25, 0.3) is 5.91 Å². The third-order valence-corrected chi connectivity index (χ3v) is 5.97. The van der Waals surface area contributed by atoms with Crippen LogP contribution in [0.15, 0.2) is 24.4 Å². The number of pyridine rings is 1. The molecule has 0 spiro atoms. The summed E-state index contributed by atoms with van der Waals surface area (Å²) in [6.07, 6.45) is 4.66. The van der Waals surface area contributed by atoms with Crippen molar-refractivity contribution in [3.05, 3.63) is 46.1 Å². The molecule has 2 aromatic rings. The number of hydrogen-bond acceptors (Lipinski definition) is 6. The standard InChI is InChI=1S/C19H22N4O3S/c20-16(24)14-13-7-10-26-18(22-9-6-12-3-1-2-8-21-12)15(13)27-19(14)23-17(25)11-4-5-11/h1-3,8,11,18,22H,4-7,9-10H2,(H2,20,24)(H,23,25). The highest BCUT2D eigenvalue weighted by atomic mass is 32.1. The minimum atomic E-state index is -0.507. The molecule has 1 unspecified atom stereocenters. The normalized spacial score (nSPS) is 18.7. The zero-order valence-corrected chi connectivity index (χ0v) is 15.7. The Morgan fingerprint density at radius 3 is 2.89 bits per heavy atom. The lowest BCUT2D eigenvalue weighted by Gasteiger charge is -2.24. The number of ether oxygens (including phenoxy) is 1. The first-order chi connectivity index (χ1) is 13.1. The van der Waals surface area contributed by atoms with Crippen molar-refractivity contribution in [2.75, 3.05) is 18.5 Å². The van der Waals surface area contributed by atoms with E-state index in [2.05, 4.69) is 15.6 Å². The second-order valence-corrected chi connectivity index (χ2v) is 7.85. The van der Waals surface area contributed by atoms with E-state index in [1.165, 1.54) is 11.3 Å². The summed E-state index contributed by atoms with van der Waals surface area (Å²) in [6, 6.07) is 5.84. The molecule has 0 radical (unpaired) electrons. The molecule has 1 saturated carbocycles. The Kier molecular flexibility index (Phi) is 5.20. The van der Waals surface area contributed by atoms with Crippen LogP contribution in [0, 0.1) is 5.92 Å². The number of hydrogen-bond donors (Lipinski definition) is 3. The van der Waals surface area contributed by atoms with Gasteiger partial charge in [-0.25, -0.2) is 0 Å². The Morgan fingerprint density at radius 1 is 1.33 bits per heavy atom. The molecule has 2 amide bonds. The minimum Gasteiger partial charge on any atom is -0.365 e. The van der Waals surface area contributed by atoms with Crippen LogP contribution in [-0.4, -0.2) is 29.9 Å². The average molecular weight is 386 g/mol. The first kappa shape index (κ1) is 18.1. The molecule has 1 aliphatic carbocycles. The van der Waals surface area contributed by atoms with Gasteiger partial charge in [0.2, 0.25) is 5.91 Å². The van der Waals surface area contributed by atoms with Crippen LogP contribution >= 0.6 is 11.3 Å². The van der Waals surface area contributed by atoms with Gasteiger partial charge in [-0.05, 0) is 37.0 Å². The van der Waals surface area contributed by atoms with Gasteiger partial charge in [0.15, 0.2) is 0 Å². The van der Waals surface area contributed by atoms with E-state index in [1.807, 2.05) is 18.2 Å². The lowest BCUT2D eigenvalue weighted by Crippen LogP contribution is -2.30. The van der Waals surface area contributed by atoms with Crippen LogP contribution < -0.4 is 16.4 Å². The van der Waals surface area contributed by atoms with E-state index in [9.17, 15) is 9.59 Å². The van der Waals surface area contributed by atoms with Gasteiger partial charge < -0.3 is 15.8 Å². The van der Waals surface area contributed by atoms with E-state index in [0.717, 1.165) is 35.4 Å². The Morgan fingerprint density at radius 2 is 2.19 bits per heavy atom. The zero-order valence-electron chi connectivity index (χ0n) is 14.9. The van der Waals surface area contributed by atoms with Gasteiger partial charge in [0, 0.05) is 30.8 Å². The summed E-state index contributed by atoms with van der Waals surface area (Å²) in [6.45, 7) is 1.19. The van der Waals surface area contributed by atoms with E-state index >= 15 is 0 Å². The lowest BCUT2D eigenvalue weighted by atomic mass is 10.0. The maximum Gasteiger partial charge on any atom is 0.251 e. The number of amides is 2. The SMILES string of the molecule is NC(=O)c1c(NC(=O)C2CC2)sc2c1CCOC2NCCc1ccccn1. The van der Waals surface area contributed by atoms with E-state index < -0.39 is 5.91 Å². The number of carbonyl (C=O) groups is 2. The van der Waals surface area contributed by atoms with Crippen LogP contribution in [0.2, 0.25) is 0 Å². The number of rotatable bonds is 7. The molecule has 4 N–H and O–H groups in total. The summed E-state index contributed by atoms with van der Waals surface area (Å²) in [5.74, 6) is -0.474. The number of nitrogens with zero attached hydrogens (tertiary/aromatic N) is 1. The summed E-state index contributed by atoms with van der Waals surface area (Å²) < 4.78 is 5.87. The fourth-order valence-electron chi connectivity index (χ4n) is 3.23. The molecule has 2 aliphatic rings. The molecule has 1 fully saturated rings. The van der Waals surface area contributed by atoms with Crippen LogP contribution in [0.5, 0.6) is 0 Å². The second-order valence-electron chi connectivity index (χ2n) is 6.80. The van der Waals surface area contributed by atoms with Crippen LogP contribution in [0.25, 0.3) is 0 Å². The number of anilines is 1.